The number of benzene rings is 1. The molecule has 1 aliphatic heterocycles. The Kier molecular flexibility index (Phi) is 8.28. The first kappa shape index (κ1) is 27.8. The van der Waals surface area contributed by atoms with Crippen molar-refractivity contribution in [2.75, 3.05) is 23.4 Å². The number of ether oxygens (including phenoxy) is 1. The van der Waals surface area contributed by atoms with Gasteiger partial charge in [-0.2, -0.15) is 5.26 Å². The van der Waals surface area contributed by atoms with Gasteiger partial charge in [0.15, 0.2) is 0 Å². The maximum absolute atomic E-state index is 13.0. The van der Waals surface area contributed by atoms with Gasteiger partial charge in [0.2, 0.25) is 5.28 Å². The van der Waals surface area contributed by atoms with Crippen LogP contribution in [0.4, 0.5) is 16.2 Å². The minimum Gasteiger partial charge on any atom is -0.444 e. The van der Waals surface area contributed by atoms with Crippen LogP contribution in [0.5, 0.6) is 0 Å². The number of anilines is 2. The second kappa shape index (κ2) is 11.6. The molecular weight excluding hydrogens is 522 g/mol. The molecule has 3 heterocycles. The quantitative estimate of drug-likeness (QED) is 0.390. The topological polar surface area (TPSA) is 153 Å². The van der Waals surface area contributed by atoms with Gasteiger partial charge in [-0.15, -0.1) is 0 Å². The van der Waals surface area contributed by atoms with E-state index in [1.165, 1.54) is 12.3 Å². The van der Waals surface area contributed by atoms with Crippen LogP contribution in [0, 0.1) is 11.3 Å². The molecule has 2 aromatic heterocycles. The van der Waals surface area contributed by atoms with E-state index in [-0.39, 0.29) is 29.7 Å². The molecule has 11 nitrogen and oxygen atoms in total. The highest BCUT2D eigenvalue weighted by Crippen LogP contribution is 2.37. The van der Waals surface area contributed by atoms with E-state index in [0.717, 1.165) is 0 Å². The third-order valence-electron chi connectivity index (χ3n) is 6.01. The Balaban J connectivity index is 1.70. The van der Waals surface area contributed by atoms with Crippen molar-refractivity contribution in [3.63, 3.8) is 0 Å². The SMILES string of the molecule is CC(C)(C)OC(=O)N[C@H]1CC(CO)N(c2cc(-c3cnccc3C#N)ccc2NC(=O)c2ccnc(Cl)n2)C1. The van der Waals surface area contributed by atoms with Gasteiger partial charge in [0.1, 0.15) is 11.3 Å². The van der Waals surface area contributed by atoms with E-state index in [2.05, 4.69) is 31.7 Å². The molecule has 12 heteroatoms. The monoisotopic (exact) mass is 549 g/mol. The van der Waals surface area contributed by atoms with Crippen LogP contribution in [0.1, 0.15) is 43.2 Å². The summed E-state index contributed by atoms with van der Waals surface area (Å²) in [6, 6.07) is 9.85. The normalized spacial score (nSPS) is 16.9. The van der Waals surface area contributed by atoms with E-state index in [9.17, 15) is 20.0 Å². The highest BCUT2D eigenvalue weighted by atomic mass is 35.5. The highest BCUT2D eigenvalue weighted by Gasteiger charge is 2.35. The van der Waals surface area contributed by atoms with Crippen molar-refractivity contribution in [3.8, 4) is 17.2 Å². The predicted molar refractivity (Wildman–Crippen MR) is 145 cm³/mol. The number of aliphatic hydroxyl groups is 1. The zero-order valence-electron chi connectivity index (χ0n) is 21.7. The van der Waals surface area contributed by atoms with E-state index in [1.54, 1.807) is 51.4 Å². The molecule has 1 unspecified atom stereocenters. The van der Waals surface area contributed by atoms with Gasteiger partial charge >= 0.3 is 6.09 Å². The Morgan fingerprint density at radius 2 is 2.05 bits per heavy atom. The van der Waals surface area contributed by atoms with E-state index in [4.69, 9.17) is 16.3 Å². The van der Waals surface area contributed by atoms with Crippen LogP contribution < -0.4 is 15.5 Å². The van der Waals surface area contributed by atoms with Crippen LogP contribution >= 0.6 is 11.6 Å². The van der Waals surface area contributed by atoms with Gasteiger partial charge in [-0.05, 0) is 68.6 Å². The Hall–Kier alpha value is -4.27. The van der Waals surface area contributed by atoms with Crippen molar-refractivity contribution in [1.29, 1.82) is 5.26 Å². The molecule has 0 bridgehead atoms. The maximum atomic E-state index is 13.0. The zero-order valence-corrected chi connectivity index (χ0v) is 22.4. The summed E-state index contributed by atoms with van der Waals surface area (Å²) in [6.07, 6.45) is 4.42. The second-order valence-corrected chi connectivity index (χ2v) is 10.3. The minimum absolute atomic E-state index is 0.0604. The largest absolute Gasteiger partial charge is 0.444 e. The molecule has 0 saturated carbocycles. The van der Waals surface area contributed by atoms with E-state index < -0.39 is 17.6 Å². The van der Waals surface area contributed by atoms with Crippen LogP contribution in [0.15, 0.2) is 48.9 Å². The summed E-state index contributed by atoms with van der Waals surface area (Å²) < 4.78 is 5.40. The summed E-state index contributed by atoms with van der Waals surface area (Å²) in [5.74, 6) is -0.504. The number of carbonyl (C=O) groups excluding carboxylic acids is 2. The number of rotatable bonds is 6. The van der Waals surface area contributed by atoms with Gasteiger partial charge in [-0.3, -0.25) is 9.78 Å². The Morgan fingerprint density at radius 3 is 2.74 bits per heavy atom. The number of pyridine rings is 1. The number of nitrogens with zero attached hydrogens (tertiary/aromatic N) is 5. The molecule has 39 heavy (non-hydrogen) atoms. The number of nitrogens with one attached hydrogen (secondary N) is 2. The standard InChI is InChI=1S/C27H28ClN7O4/c1-27(2,3)39-26(38)32-18-11-19(15-36)35(14-18)23-10-16(20-13-30-8-6-17(20)12-29)4-5-21(23)33-24(37)22-7-9-31-25(28)34-22/h4-10,13,18-19,36H,11,14-15H2,1-3H3,(H,32,38)(H,33,37)/t18-,19?/m0/s1. The molecule has 1 aliphatic rings. The summed E-state index contributed by atoms with van der Waals surface area (Å²) in [5, 5.41) is 25.5. The van der Waals surface area contributed by atoms with Crippen molar-refractivity contribution >= 4 is 35.0 Å². The average molecular weight is 550 g/mol. The van der Waals surface area contributed by atoms with Crippen LogP contribution in [-0.4, -0.2) is 62.9 Å². The van der Waals surface area contributed by atoms with Gasteiger partial charge in [0, 0.05) is 30.7 Å². The molecule has 1 aromatic carbocycles. The number of carbonyl (C=O) groups is 2. The molecule has 2 amide bonds. The van der Waals surface area contributed by atoms with Crippen LogP contribution in [-0.2, 0) is 4.74 Å². The van der Waals surface area contributed by atoms with Crippen molar-refractivity contribution in [2.24, 2.45) is 0 Å². The lowest BCUT2D eigenvalue weighted by Gasteiger charge is -2.28. The number of hydrogen-bond donors (Lipinski definition) is 3. The van der Waals surface area contributed by atoms with Gasteiger partial charge in [-0.25, -0.2) is 14.8 Å². The Labute approximate surface area is 230 Å². The van der Waals surface area contributed by atoms with Gasteiger partial charge < -0.3 is 25.4 Å². The molecule has 0 radical (unpaired) electrons. The van der Waals surface area contributed by atoms with Crippen molar-refractivity contribution in [1.82, 2.24) is 20.3 Å². The van der Waals surface area contributed by atoms with Crippen molar-refractivity contribution in [3.05, 3.63) is 65.5 Å². The molecule has 0 spiro atoms. The van der Waals surface area contributed by atoms with E-state index in [0.29, 0.717) is 41.0 Å². The third-order valence-corrected chi connectivity index (χ3v) is 6.19. The lowest BCUT2D eigenvalue weighted by Crippen LogP contribution is -2.40. The molecule has 3 N–H and O–H groups in total. The summed E-state index contributed by atoms with van der Waals surface area (Å²) in [5.41, 5.74) is 2.19. The summed E-state index contributed by atoms with van der Waals surface area (Å²) in [7, 11) is 0. The van der Waals surface area contributed by atoms with Gasteiger partial charge in [0.05, 0.1) is 41.7 Å². The Bertz CT molecular complexity index is 1420. The number of aliphatic hydroxyl groups excluding tert-OH is 1. The first-order valence-electron chi connectivity index (χ1n) is 12.2. The van der Waals surface area contributed by atoms with Crippen molar-refractivity contribution < 1.29 is 19.4 Å². The number of nitriles is 1. The lowest BCUT2D eigenvalue weighted by molar-refractivity contribution is 0.0507. The lowest BCUT2D eigenvalue weighted by atomic mass is 10.0. The summed E-state index contributed by atoms with van der Waals surface area (Å²) in [6.45, 7) is 5.49. The first-order chi connectivity index (χ1) is 18.6. The smallest absolute Gasteiger partial charge is 0.407 e. The molecule has 1 fully saturated rings. The summed E-state index contributed by atoms with van der Waals surface area (Å²) >= 11 is 5.86. The molecular formula is C27H28ClN7O4. The van der Waals surface area contributed by atoms with Gasteiger partial charge in [0.25, 0.3) is 5.91 Å². The molecule has 1 saturated heterocycles. The van der Waals surface area contributed by atoms with Crippen LogP contribution in [0.2, 0.25) is 5.28 Å². The molecule has 3 aromatic rings. The second-order valence-electron chi connectivity index (χ2n) is 10.00. The molecule has 202 valence electrons. The third kappa shape index (κ3) is 6.79. The summed E-state index contributed by atoms with van der Waals surface area (Å²) in [4.78, 5) is 39.3. The number of alkyl carbamates (subject to hydrolysis) is 1. The number of halogens is 1. The molecule has 2 atom stereocenters. The predicted octanol–water partition coefficient (Wildman–Crippen LogP) is 3.78. The van der Waals surface area contributed by atoms with E-state index >= 15 is 0 Å². The van der Waals surface area contributed by atoms with Crippen molar-refractivity contribution in [2.45, 2.75) is 44.9 Å². The highest BCUT2D eigenvalue weighted by molar-refractivity contribution is 6.28. The molecule has 4 rings (SSSR count). The minimum atomic E-state index is -0.656. The fourth-order valence-corrected chi connectivity index (χ4v) is 4.52. The number of aromatic nitrogens is 3. The number of amides is 2. The first-order valence-corrected chi connectivity index (χ1v) is 12.6. The van der Waals surface area contributed by atoms with Crippen LogP contribution in [0.25, 0.3) is 11.1 Å². The van der Waals surface area contributed by atoms with Gasteiger partial charge in [-0.1, -0.05) is 6.07 Å². The van der Waals surface area contributed by atoms with E-state index in [1.807, 2.05) is 11.0 Å². The fourth-order valence-electron chi connectivity index (χ4n) is 4.38. The maximum Gasteiger partial charge on any atom is 0.407 e. The molecule has 0 aliphatic carbocycles. The number of hydrogen-bond acceptors (Lipinski definition) is 9. The zero-order chi connectivity index (χ0) is 28.2. The van der Waals surface area contributed by atoms with Crippen LogP contribution in [0.3, 0.4) is 0 Å². The fraction of sp³-hybridized carbons (Fsp3) is 0.333. The Morgan fingerprint density at radius 1 is 1.26 bits per heavy atom. The average Bonchev–Trinajstić information content (AvgIpc) is 3.30.